The van der Waals surface area contributed by atoms with Gasteiger partial charge in [-0.15, -0.1) is 0 Å². The maximum atomic E-state index is 13.4. The van der Waals surface area contributed by atoms with E-state index in [9.17, 15) is 18.5 Å². The third-order valence-electron chi connectivity index (χ3n) is 5.09. The fourth-order valence-corrected chi connectivity index (χ4v) is 5.73. The van der Waals surface area contributed by atoms with Crippen molar-refractivity contribution >= 4 is 38.3 Å². The molecule has 7 nitrogen and oxygen atoms in total. The lowest BCUT2D eigenvalue weighted by Gasteiger charge is -2.31. The van der Waals surface area contributed by atoms with Crippen molar-refractivity contribution in [2.24, 2.45) is 5.92 Å². The average molecular weight is 570 g/mol. The summed E-state index contributed by atoms with van der Waals surface area (Å²) in [5, 5.41) is 11.4. The molecule has 2 aromatic rings. The highest BCUT2D eigenvalue weighted by Crippen LogP contribution is 2.30. The van der Waals surface area contributed by atoms with E-state index in [0.29, 0.717) is 13.2 Å². The van der Waals surface area contributed by atoms with Crippen LogP contribution < -0.4 is 0 Å². The molecule has 0 aliphatic heterocycles. The molecule has 0 fully saturated rings. The lowest BCUT2D eigenvalue weighted by molar-refractivity contribution is -0.387. The van der Waals surface area contributed by atoms with Gasteiger partial charge in [0.15, 0.2) is 4.90 Å². The summed E-state index contributed by atoms with van der Waals surface area (Å²) < 4.78 is 35.5. The highest BCUT2D eigenvalue weighted by molar-refractivity contribution is 14.1. The molecule has 0 aliphatic rings. The first-order chi connectivity index (χ1) is 15.2. The number of likely N-dealkylation sites (N-methyl/N-ethyl adjacent to an activating group) is 1. The van der Waals surface area contributed by atoms with Gasteiger partial charge in [-0.05, 0) is 28.6 Å². The Morgan fingerprint density at radius 2 is 1.81 bits per heavy atom. The zero-order valence-electron chi connectivity index (χ0n) is 18.2. The molecule has 172 valence electrons. The number of benzene rings is 2. The molecule has 2 aromatic carbocycles. The van der Waals surface area contributed by atoms with E-state index in [1.807, 2.05) is 60.4 Å². The number of sulfonamides is 1. The van der Waals surface area contributed by atoms with Gasteiger partial charge in [0.2, 0.25) is 10.0 Å². The molecule has 0 spiro atoms. The summed E-state index contributed by atoms with van der Waals surface area (Å²) in [6, 6.07) is 14.6. The van der Waals surface area contributed by atoms with Crippen molar-refractivity contribution in [2.45, 2.75) is 31.4 Å². The first kappa shape index (κ1) is 26.2. The van der Waals surface area contributed by atoms with Crippen LogP contribution in [0.5, 0.6) is 0 Å². The molecule has 0 saturated carbocycles. The number of rotatable bonds is 11. The van der Waals surface area contributed by atoms with Gasteiger partial charge in [0, 0.05) is 13.1 Å². The van der Waals surface area contributed by atoms with Crippen molar-refractivity contribution in [1.29, 1.82) is 0 Å². The van der Waals surface area contributed by atoms with E-state index in [2.05, 4.69) is 22.6 Å². The number of nitro benzene ring substituents is 1. The highest BCUT2D eigenvalue weighted by atomic mass is 127. The molecular formula is C23H27IN2O5S. The predicted molar refractivity (Wildman–Crippen MR) is 134 cm³/mol. The van der Waals surface area contributed by atoms with E-state index >= 15 is 0 Å². The predicted octanol–water partition coefficient (Wildman–Crippen LogP) is 5.33. The topological polar surface area (TPSA) is 89.8 Å². The molecule has 0 radical (unpaired) electrons. The SMILES string of the molecule is CC(=CCOCc1ccccc1)[C@H]([C@@H](C)C=CI)N(C)S(=O)(=O)c1ccccc1[N+](=O)[O-]. The standard InChI is InChI=1S/C23H27IN2O5S/c1-18(13-15-24)23(19(2)14-16-31-17-20-9-5-4-6-10-20)25(3)32(29,30)22-12-8-7-11-21(22)26(27)28/h4-15,18,23H,16-17H2,1-3H3/t18-,23-/m0/s1. The molecule has 0 heterocycles. The van der Waals surface area contributed by atoms with Crippen LogP contribution in [0, 0.1) is 16.0 Å². The smallest absolute Gasteiger partial charge is 0.289 e. The van der Waals surface area contributed by atoms with Crippen molar-refractivity contribution in [3.05, 3.63) is 92.1 Å². The number of nitrogens with zero attached hydrogens (tertiary/aromatic N) is 2. The Morgan fingerprint density at radius 3 is 2.44 bits per heavy atom. The third-order valence-corrected chi connectivity index (χ3v) is 7.39. The summed E-state index contributed by atoms with van der Waals surface area (Å²) in [5.41, 5.74) is 1.40. The lowest BCUT2D eigenvalue weighted by Crippen LogP contribution is -2.41. The summed E-state index contributed by atoms with van der Waals surface area (Å²) in [6.45, 7) is 4.52. The van der Waals surface area contributed by atoms with Gasteiger partial charge in [-0.25, -0.2) is 8.42 Å². The van der Waals surface area contributed by atoms with Gasteiger partial charge >= 0.3 is 0 Å². The summed E-state index contributed by atoms with van der Waals surface area (Å²) >= 11 is 2.09. The van der Waals surface area contributed by atoms with E-state index in [4.69, 9.17) is 4.74 Å². The summed E-state index contributed by atoms with van der Waals surface area (Å²) in [6.07, 6.45) is 3.76. The van der Waals surface area contributed by atoms with Crippen molar-refractivity contribution in [1.82, 2.24) is 4.31 Å². The van der Waals surface area contributed by atoms with Crippen LogP contribution in [0.3, 0.4) is 0 Å². The molecule has 0 aromatic heterocycles. The van der Waals surface area contributed by atoms with Crippen molar-refractivity contribution < 1.29 is 18.1 Å². The molecule has 2 rings (SSSR count). The number of para-hydroxylation sites is 1. The number of hydrogen-bond acceptors (Lipinski definition) is 5. The lowest BCUT2D eigenvalue weighted by atomic mass is 9.95. The second-order valence-electron chi connectivity index (χ2n) is 7.32. The largest absolute Gasteiger partial charge is 0.373 e. The number of hydrogen-bond donors (Lipinski definition) is 0. The Kier molecular flexibility index (Phi) is 10.0. The fraction of sp³-hybridized carbons (Fsp3) is 0.304. The van der Waals surface area contributed by atoms with Crippen LogP contribution in [-0.4, -0.2) is 37.3 Å². The van der Waals surface area contributed by atoms with Crippen LogP contribution in [0.2, 0.25) is 0 Å². The van der Waals surface area contributed by atoms with E-state index in [-0.39, 0.29) is 10.8 Å². The van der Waals surface area contributed by atoms with Gasteiger partial charge in [0.1, 0.15) is 0 Å². The van der Waals surface area contributed by atoms with Gasteiger partial charge in [-0.2, -0.15) is 4.31 Å². The minimum Gasteiger partial charge on any atom is -0.373 e. The summed E-state index contributed by atoms with van der Waals surface area (Å²) in [4.78, 5) is 10.4. The van der Waals surface area contributed by atoms with Gasteiger partial charge < -0.3 is 4.74 Å². The Hall–Kier alpha value is -2.08. The van der Waals surface area contributed by atoms with Crippen molar-refractivity contribution in [3.63, 3.8) is 0 Å². The molecule has 32 heavy (non-hydrogen) atoms. The zero-order chi connectivity index (χ0) is 23.7. The normalized spacial score (nSPS) is 14.6. The Bertz CT molecular complexity index is 1070. The maximum Gasteiger partial charge on any atom is 0.289 e. The molecule has 0 amide bonds. The van der Waals surface area contributed by atoms with E-state index in [1.54, 1.807) is 0 Å². The molecular weight excluding hydrogens is 543 g/mol. The van der Waals surface area contributed by atoms with E-state index in [1.165, 1.54) is 35.6 Å². The number of nitro groups is 1. The quantitative estimate of drug-likeness (QED) is 0.120. The second-order valence-corrected chi connectivity index (χ2v) is 10.0. The first-order valence-electron chi connectivity index (χ1n) is 9.96. The van der Waals surface area contributed by atoms with Crippen LogP contribution >= 0.6 is 22.6 Å². The molecule has 9 heteroatoms. The average Bonchev–Trinajstić information content (AvgIpc) is 2.77. The van der Waals surface area contributed by atoms with Crippen LogP contribution in [-0.2, 0) is 21.4 Å². The molecule has 0 unspecified atom stereocenters. The van der Waals surface area contributed by atoms with Crippen LogP contribution in [0.1, 0.15) is 19.4 Å². The van der Waals surface area contributed by atoms with Gasteiger partial charge in [-0.3, -0.25) is 10.1 Å². The summed E-state index contributed by atoms with van der Waals surface area (Å²) in [5.74, 6) is -0.167. The van der Waals surface area contributed by atoms with Gasteiger partial charge in [0.05, 0.1) is 24.2 Å². The Labute approximate surface area is 203 Å². The van der Waals surface area contributed by atoms with Crippen molar-refractivity contribution in [3.8, 4) is 0 Å². The number of ether oxygens (including phenoxy) is 1. The molecule has 0 bridgehead atoms. The van der Waals surface area contributed by atoms with Crippen LogP contribution in [0.4, 0.5) is 5.69 Å². The van der Waals surface area contributed by atoms with E-state index < -0.39 is 26.7 Å². The molecule has 0 aliphatic carbocycles. The minimum absolute atomic E-state index is 0.167. The summed E-state index contributed by atoms with van der Waals surface area (Å²) in [7, 11) is -2.67. The first-order valence-corrected chi connectivity index (χ1v) is 12.6. The Balaban J connectivity index is 2.30. The van der Waals surface area contributed by atoms with Crippen LogP contribution in [0.15, 0.2) is 81.3 Å². The van der Waals surface area contributed by atoms with Crippen molar-refractivity contribution in [2.75, 3.05) is 13.7 Å². The van der Waals surface area contributed by atoms with Crippen LogP contribution in [0.25, 0.3) is 0 Å². The number of halogens is 1. The van der Waals surface area contributed by atoms with E-state index in [0.717, 1.165) is 11.1 Å². The minimum atomic E-state index is -4.12. The fourth-order valence-electron chi connectivity index (χ4n) is 3.45. The second kappa shape index (κ2) is 12.2. The highest BCUT2D eigenvalue weighted by Gasteiger charge is 2.35. The maximum absolute atomic E-state index is 13.4. The third kappa shape index (κ3) is 6.71. The molecule has 0 N–H and O–H groups in total. The van der Waals surface area contributed by atoms with Gasteiger partial charge in [0.25, 0.3) is 5.69 Å². The Morgan fingerprint density at radius 1 is 1.19 bits per heavy atom. The zero-order valence-corrected chi connectivity index (χ0v) is 21.2. The molecule has 0 saturated heterocycles. The van der Waals surface area contributed by atoms with Gasteiger partial charge in [-0.1, -0.05) is 89.7 Å². The monoisotopic (exact) mass is 570 g/mol. The molecule has 2 atom stereocenters.